The molecule has 0 radical (unpaired) electrons. The Hall–Kier alpha value is -5.41. The van der Waals surface area contributed by atoms with Gasteiger partial charge in [-0.3, -0.25) is 0 Å². The zero-order valence-electron chi connectivity index (χ0n) is 26.5. The second-order valence-corrected chi connectivity index (χ2v) is 15.4. The Bertz CT molecular complexity index is 2760. The summed E-state index contributed by atoms with van der Waals surface area (Å²) in [7, 11) is 0. The quantitative estimate of drug-likeness (QED) is 0.138. The molecule has 0 saturated heterocycles. The summed E-state index contributed by atoms with van der Waals surface area (Å²) in [5, 5.41) is 7.88. The molecule has 0 unspecified atom stereocenters. The van der Waals surface area contributed by atoms with E-state index in [1.807, 2.05) is 18.2 Å². The van der Waals surface area contributed by atoms with Gasteiger partial charge in [-0.05, 0) is 0 Å². The Morgan fingerprint density at radius 1 is 0.438 bits per heavy atom. The molecule has 3 nitrogen and oxygen atoms in total. The number of rotatable bonds is 3. The maximum atomic E-state index is 5.26. The van der Waals surface area contributed by atoms with Gasteiger partial charge in [-0.2, -0.15) is 0 Å². The third-order valence-corrected chi connectivity index (χ3v) is 12.8. The molecule has 2 aromatic heterocycles. The molecule has 10 rings (SSSR count). The van der Waals surface area contributed by atoms with Crippen LogP contribution in [0.1, 0.15) is 25.0 Å². The van der Waals surface area contributed by atoms with E-state index in [-0.39, 0.29) is 19.9 Å². The predicted octanol–water partition coefficient (Wildman–Crippen LogP) is 10.8. The van der Waals surface area contributed by atoms with Crippen LogP contribution in [0.2, 0.25) is 0 Å². The van der Waals surface area contributed by atoms with Gasteiger partial charge in [-0.15, -0.1) is 0 Å². The van der Waals surface area contributed by atoms with Gasteiger partial charge in [0.05, 0.1) is 0 Å². The first kappa shape index (κ1) is 27.7. The van der Waals surface area contributed by atoms with Crippen molar-refractivity contribution in [1.82, 2.24) is 15.0 Å². The van der Waals surface area contributed by atoms with Gasteiger partial charge >= 0.3 is 285 Å². The maximum absolute atomic E-state index is 5.26. The molecular weight excluding hydrogens is 649 g/mol. The van der Waals surface area contributed by atoms with Crippen molar-refractivity contribution in [3.8, 4) is 45.3 Å². The predicted molar refractivity (Wildman–Crippen MR) is 201 cm³/mol. The van der Waals surface area contributed by atoms with Gasteiger partial charge < -0.3 is 0 Å². The van der Waals surface area contributed by atoms with Crippen molar-refractivity contribution < 1.29 is 0 Å². The number of fused-ring (bicyclic) bond motifs is 10. The zero-order chi connectivity index (χ0) is 32.0. The summed E-state index contributed by atoms with van der Waals surface area (Å²) in [6.07, 6.45) is 0. The molecule has 2 heterocycles. The van der Waals surface area contributed by atoms with Gasteiger partial charge in [0, 0.05) is 0 Å². The molecule has 226 valence electrons. The third-order valence-electron chi connectivity index (χ3n) is 10.1. The number of nitrogens with zero attached hydrogens (tertiary/aromatic N) is 3. The van der Waals surface area contributed by atoms with E-state index in [9.17, 15) is 0 Å². The monoisotopic (exact) mass is 679 g/mol. The molecule has 0 amide bonds. The van der Waals surface area contributed by atoms with Gasteiger partial charge in [-0.25, -0.2) is 0 Å². The fourth-order valence-corrected chi connectivity index (χ4v) is 10.6. The van der Waals surface area contributed by atoms with E-state index >= 15 is 0 Å². The standard InChI is InChI=1S/C44H29N3Se/c1-44(2)36-18-9-8-15-31(36)32-23-22-29(25-37(32)44)42-45-41(28-12-4-3-5-13-28)46-43(47-42)35-17-10-16-33-34-24-21-27-20-19-26-11-6-7-14-30(26)38(27)40(34)48-39(33)35/h3-25H,1-2H3. The van der Waals surface area contributed by atoms with E-state index < -0.39 is 0 Å². The topological polar surface area (TPSA) is 38.7 Å². The van der Waals surface area contributed by atoms with Crippen LogP contribution in [0.25, 0.3) is 86.1 Å². The summed E-state index contributed by atoms with van der Waals surface area (Å²) in [5.74, 6) is 2.11. The van der Waals surface area contributed by atoms with Crippen molar-refractivity contribution in [2.24, 2.45) is 0 Å². The molecule has 0 spiro atoms. The summed E-state index contributed by atoms with van der Waals surface area (Å²) >= 11 is 0.0773. The minimum absolute atomic E-state index is 0.0773. The molecule has 0 saturated carbocycles. The molecule has 4 heteroatoms. The van der Waals surface area contributed by atoms with E-state index in [1.165, 1.54) is 63.1 Å². The van der Waals surface area contributed by atoms with Crippen LogP contribution < -0.4 is 0 Å². The zero-order valence-corrected chi connectivity index (χ0v) is 28.2. The van der Waals surface area contributed by atoms with Crippen LogP contribution in [0, 0.1) is 0 Å². The third kappa shape index (κ3) is 4.03. The fourth-order valence-electron chi connectivity index (χ4n) is 7.70. The van der Waals surface area contributed by atoms with Gasteiger partial charge in [-0.1, -0.05) is 0 Å². The van der Waals surface area contributed by atoms with Crippen LogP contribution in [0.3, 0.4) is 0 Å². The Morgan fingerprint density at radius 3 is 1.98 bits per heavy atom. The average molecular weight is 679 g/mol. The summed E-state index contributed by atoms with van der Waals surface area (Å²) in [6, 6.07) is 50.2. The van der Waals surface area contributed by atoms with E-state index in [0.717, 1.165) is 22.5 Å². The van der Waals surface area contributed by atoms with Gasteiger partial charge in [0.15, 0.2) is 0 Å². The Labute approximate surface area is 284 Å². The van der Waals surface area contributed by atoms with E-state index in [1.54, 1.807) is 0 Å². The van der Waals surface area contributed by atoms with E-state index in [0.29, 0.717) is 11.6 Å². The van der Waals surface area contributed by atoms with Crippen LogP contribution in [-0.4, -0.2) is 29.5 Å². The molecule has 0 fully saturated rings. The van der Waals surface area contributed by atoms with Crippen molar-refractivity contribution in [1.29, 1.82) is 0 Å². The first-order valence-corrected chi connectivity index (χ1v) is 18.1. The van der Waals surface area contributed by atoms with Crippen molar-refractivity contribution in [3.63, 3.8) is 0 Å². The summed E-state index contributed by atoms with van der Waals surface area (Å²) in [6.45, 7) is 4.63. The molecule has 1 aliphatic rings. The normalized spacial score (nSPS) is 13.4. The van der Waals surface area contributed by atoms with Crippen LogP contribution in [0.4, 0.5) is 0 Å². The molecule has 48 heavy (non-hydrogen) atoms. The van der Waals surface area contributed by atoms with Crippen molar-refractivity contribution >= 4 is 55.3 Å². The van der Waals surface area contributed by atoms with Crippen molar-refractivity contribution in [2.75, 3.05) is 0 Å². The summed E-state index contributed by atoms with van der Waals surface area (Å²) in [4.78, 5) is 15.5. The Morgan fingerprint density at radius 2 is 1.08 bits per heavy atom. The number of benzene rings is 7. The number of hydrogen-bond acceptors (Lipinski definition) is 3. The van der Waals surface area contributed by atoms with Crippen molar-refractivity contribution in [3.05, 3.63) is 151 Å². The molecule has 9 aromatic rings. The second-order valence-electron chi connectivity index (χ2n) is 13.2. The van der Waals surface area contributed by atoms with Gasteiger partial charge in [0.25, 0.3) is 0 Å². The molecule has 1 aliphatic carbocycles. The number of hydrogen-bond donors (Lipinski definition) is 0. The van der Waals surface area contributed by atoms with Gasteiger partial charge in [0.2, 0.25) is 0 Å². The van der Waals surface area contributed by atoms with Crippen LogP contribution >= 0.6 is 0 Å². The van der Waals surface area contributed by atoms with Gasteiger partial charge in [0.1, 0.15) is 0 Å². The molecule has 0 N–H and O–H groups in total. The Kier molecular flexibility index (Phi) is 5.94. The Balaban J connectivity index is 1.21. The molecular formula is C44H29N3Se. The molecule has 0 atom stereocenters. The average Bonchev–Trinajstić information content (AvgIpc) is 3.64. The summed E-state index contributed by atoms with van der Waals surface area (Å²) < 4.78 is 2.78. The minimum atomic E-state index is -0.110. The molecule has 0 bridgehead atoms. The van der Waals surface area contributed by atoms with Crippen LogP contribution in [0.5, 0.6) is 0 Å². The van der Waals surface area contributed by atoms with E-state index in [4.69, 9.17) is 15.0 Å². The number of aromatic nitrogens is 3. The first-order valence-electron chi connectivity index (χ1n) is 16.4. The van der Waals surface area contributed by atoms with Crippen molar-refractivity contribution in [2.45, 2.75) is 19.3 Å². The summed E-state index contributed by atoms with van der Waals surface area (Å²) in [5.41, 5.74) is 8.24. The van der Waals surface area contributed by atoms with Crippen LogP contribution in [0.15, 0.2) is 140 Å². The molecule has 7 aromatic carbocycles. The van der Waals surface area contributed by atoms with Crippen LogP contribution in [-0.2, 0) is 5.41 Å². The fraction of sp³-hybridized carbons (Fsp3) is 0.0682. The van der Waals surface area contributed by atoms with E-state index in [2.05, 4.69) is 135 Å². The first-order chi connectivity index (χ1) is 23.5. The SMILES string of the molecule is CC1(C)c2ccccc2-c2ccc(-c3nc(-c4ccccc4)nc(-c4cccc5c4[se]c4c5ccc5ccc6ccccc6c54)n3)cc21. The second kappa shape index (κ2) is 10.3. The molecule has 0 aliphatic heterocycles.